The molecule has 3 N–H and O–H groups in total. The van der Waals surface area contributed by atoms with Crippen molar-refractivity contribution in [2.24, 2.45) is 5.73 Å². The number of nitrogen functional groups attached to an aromatic ring is 1. The zero-order valence-electron chi connectivity index (χ0n) is 10.6. The molecule has 98 valence electrons. The van der Waals surface area contributed by atoms with Gasteiger partial charge in [-0.15, -0.1) is 0 Å². The van der Waals surface area contributed by atoms with Crippen molar-refractivity contribution < 1.29 is 4.39 Å². The summed E-state index contributed by atoms with van der Waals surface area (Å²) in [5.74, 6) is -0.365. The number of pyridine rings is 1. The van der Waals surface area contributed by atoms with Gasteiger partial charge in [-0.1, -0.05) is 18.2 Å². The minimum absolute atomic E-state index is 0.0856. The monoisotopic (exact) mass is 258 g/mol. The number of halogens is 1. The van der Waals surface area contributed by atoms with Gasteiger partial charge in [-0.25, -0.2) is 4.39 Å². The number of anilines is 1. The third kappa shape index (κ3) is 2.88. The first-order valence-corrected chi connectivity index (χ1v) is 5.83. The fourth-order valence-corrected chi connectivity index (χ4v) is 1.91. The van der Waals surface area contributed by atoms with Crippen LogP contribution >= 0.6 is 0 Å². The van der Waals surface area contributed by atoms with Crippen LogP contribution in [0.5, 0.6) is 0 Å². The number of nitrogens with two attached hydrogens (primary N) is 1. The number of hydrogen-bond donors (Lipinski definition) is 2. The molecule has 0 fully saturated rings. The van der Waals surface area contributed by atoms with Crippen molar-refractivity contribution in [3.63, 3.8) is 0 Å². The quantitative estimate of drug-likeness (QED) is 0.652. The number of hydrogen-bond acceptors (Lipinski definition) is 3. The SMILES string of the molecule is CN(Cc1cccnc1C(=N)N)c1ccccc1F. The van der Waals surface area contributed by atoms with Gasteiger partial charge in [0.25, 0.3) is 0 Å². The van der Waals surface area contributed by atoms with E-state index in [1.54, 1.807) is 42.4 Å². The summed E-state index contributed by atoms with van der Waals surface area (Å²) in [6, 6.07) is 10.2. The van der Waals surface area contributed by atoms with Crippen molar-refractivity contribution in [3.05, 3.63) is 59.7 Å². The molecule has 19 heavy (non-hydrogen) atoms. The number of aromatic nitrogens is 1. The molecule has 5 heteroatoms. The molecule has 2 aromatic rings. The molecule has 1 aromatic heterocycles. The maximum absolute atomic E-state index is 13.7. The molecular formula is C14H15FN4. The van der Waals surface area contributed by atoms with Crippen molar-refractivity contribution in [2.75, 3.05) is 11.9 Å². The normalized spacial score (nSPS) is 10.2. The highest BCUT2D eigenvalue weighted by Crippen LogP contribution is 2.19. The predicted octanol–water partition coefficient (Wildman–Crippen LogP) is 2.14. The number of para-hydroxylation sites is 1. The maximum Gasteiger partial charge on any atom is 0.146 e. The Morgan fingerprint density at radius 3 is 2.74 bits per heavy atom. The van der Waals surface area contributed by atoms with E-state index < -0.39 is 0 Å². The van der Waals surface area contributed by atoms with Gasteiger partial charge in [-0.05, 0) is 18.2 Å². The molecule has 0 saturated heterocycles. The van der Waals surface area contributed by atoms with E-state index in [2.05, 4.69) is 4.98 Å². The molecule has 4 nitrogen and oxygen atoms in total. The third-order valence-electron chi connectivity index (χ3n) is 2.82. The van der Waals surface area contributed by atoms with Crippen molar-refractivity contribution in [2.45, 2.75) is 6.54 Å². The van der Waals surface area contributed by atoms with Crippen LogP contribution in [0.25, 0.3) is 0 Å². The van der Waals surface area contributed by atoms with E-state index in [0.29, 0.717) is 17.9 Å². The van der Waals surface area contributed by atoms with E-state index >= 15 is 0 Å². The van der Waals surface area contributed by atoms with Crippen LogP contribution in [0.1, 0.15) is 11.3 Å². The molecule has 0 bridgehead atoms. The molecule has 0 aliphatic heterocycles. The molecule has 0 atom stereocenters. The summed E-state index contributed by atoms with van der Waals surface area (Å²) < 4.78 is 13.7. The molecule has 0 aliphatic carbocycles. The molecule has 0 radical (unpaired) electrons. The largest absolute Gasteiger partial charge is 0.382 e. The zero-order valence-corrected chi connectivity index (χ0v) is 10.6. The topological polar surface area (TPSA) is 66.0 Å². The second-order valence-corrected chi connectivity index (χ2v) is 4.23. The van der Waals surface area contributed by atoms with Gasteiger partial charge >= 0.3 is 0 Å². The first-order chi connectivity index (χ1) is 9.09. The van der Waals surface area contributed by atoms with Crippen LogP contribution < -0.4 is 10.6 Å². The van der Waals surface area contributed by atoms with Gasteiger partial charge in [0.15, 0.2) is 0 Å². The van der Waals surface area contributed by atoms with Gasteiger partial charge in [0.1, 0.15) is 17.3 Å². The zero-order chi connectivity index (χ0) is 13.8. The number of benzene rings is 1. The van der Waals surface area contributed by atoms with Gasteiger partial charge < -0.3 is 10.6 Å². The fourth-order valence-electron chi connectivity index (χ4n) is 1.91. The Bertz CT molecular complexity index is 598. The summed E-state index contributed by atoms with van der Waals surface area (Å²) in [7, 11) is 1.79. The fraction of sp³-hybridized carbons (Fsp3) is 0.143. The van der Waals surface area contributed by atoms with Crippen molar-refractivity contribution in [3.8, 4) is 0 Å². The molecular weight excluding hydrogens is 243 g/mol. The van der Waals surface area contributed by atoms with E-state index in [9.17, 15) is 4.39 Å². The minimum Gasteiger partial charge on any atom is -0.382 e. The van der Waals surface area contributed by atoms with Gasteiger partial charge in [0, 0.05) is 25.4 Å². The molecule has 2 rings (SSSR count). The van der Waals surface area contributed by atoms with Gasteiger partial charge in [0.2, 0.25) is 0 Å². The van der Waals surface area contributed by atoms with Gasteiger partial charge in [0.05, 0.1) is 5.69 Å². The lowest BCUT2D eigenvalue weighted by Gasteiger charge is -2.21. The van der Waals surface area contributed by atoms with Crippen LogP contribution in [0.2, 0.25) is 0 Å². The molecule has 0 unspecified atom stereocenters. The Balaban J connectivity index is 2.27. The summed E-state index contributed by atoms with van der Waals surface area (Å²) in [5.41, 5.74) is 7.22. The molecule has 0 aliphatic rings. The Hall–Kier alpha value is -2.43. The molecule has 0 spiro atoms. The molecule has 1 heterocycles. The molecule has 0 amide bonds. The van der Waals surface area contributed by atoms with E-state index in [1.165, 1.54) is 6.07 Å². The Morgan fingerprint density at radius 1 is 1.32 bits per heavy atom. The second kappa shape index (κ2) is 5.48. The Morgan fingerprint density at radius 2 is 2.05 bits per heavy atom. The smallest absolute Gasteiger partial charge is 0.146 e. The number of nitrogens with one attached hydrogen (secondary N) is 1. The minimum atomic E-state index is -0.279. The van der Waals surface area contributed by atoms with E-state index in [4.69, 9.17) is 11.1 Å². The van der Waals surface area contributed by atoms with Crippen LogP contribution in [-0.2, 0) is 6.54 Å². The van der Waals surface area contributed by atoms with Crippen molar-refractivity contribution >= 4 is 11.5 Å². The maximum atomic E-state index is 13.7. The lowest BCUT2D eigenvalue weighted by atomic mass is 10.1. The van der Waals surface area contributed by atoms with E-state index in [-0.39, 0.29) is 11.7 Å². The standard InChI is InChI=1S/C14H15FN4/c1-19(12-7-3-2-6-11(12)15)9-10-5-4-8-18-13(10)14(16)17/h2-8H,9H2,1H3,(H3,16,17). The highest BCUT2D eigenvalue weighted by Gasteiger charge is 2.11. The van der Waals surface area contributed by atoms with E-state index in [0.717, 1.165) is 5.56 Å². The summed E-state index contributed by atoms with van der Waals surface area (Å²) in [6.45, 7) is 0.434. The molecule has 0 saturated carbocycles. The summed E-state index contributed by atoms with van der Waals surface area (Å²) >= 11 is 0. The molecule has 1 aromatic carbocycles. The van der Waals surface area contributed by atoms with Crippen LogP contribution in [-0.4, -0.2) is 17.9 Å². The summed E-state index contributed by atoms with van der Waals surface area (Å²) in [5, 5.41) is 7.49. The first kappa shape index (κ1) is 13.0. The van der Waals surface area contributed by atoms with Gasteiger partial charge in [-0.3, -0.25) is 10.4 Å². The number of nitrogens with zero attached hydrogens (tertiary/aromatic N) is 2. The average molecular weight is 258 g/mol. The van der Waals surface area contributed by atoms with Crippen LogP contribution in [0, 0.1) is 11.2 Å². The number of amidine groups is 1. The highest BCUT2D eigenvalue weighted by molar-refractivity contribution is 5.94. The average Bonchev–Trinajstić information content (AvgIpc) is 2.39. The predicted molar refractivity (Wildman–Crippen MR) is 73.8 cm³/mol. The Labute approximate surface area is 111 Å². The van der Waals surface area contributed by atoms with Crippen LogP contribution in [0.3, 0.4) is 0 Å². The third-order valence-corrected chi connectivity index (χ3v) is 2.82. The summed E-state index contributed by atoms with van der Waals surface area (Å²) in [4.78, 5) is 5.84. The van der Waals surface area contributed by atoms with Crippen LogP contribution in [0.15, 0.2) is 42.6 Å². The second-order valence-electron chi connectivity index (χ2n) is 4.23. The van der Waals surface area contributed by atoms with Gasteiger partial charge in [-0.2, -0.15) is 0 Å². The highest BCUT2D eigenvalue weighted by atomic mass is 19.1. The lowest BCUT2D eigenvalue weighted by molar-refractivity contribution is 0.622. The van der Waals surface area contributed by atoms with Crippen molar-refractivity contribution in [1.82, 2.24) is 4.98 Å². The van der Waals surface area contributed by atoms with Crippen molar-refractivity contribution in [1.29, 1.82) is 5.41 Å². The lowest BCUT2D eigenvalue weighted by Crippen LogP contribution is -2.22. The summed E-state index contributed by atoms with van der Waals surface area (Å²) in [6.07, 6.45) is 1.59. The first-order valence-electron chi connectivity index (χ1n) is 5.83. The van der Waals surface area contributed by atoms with Crippen LogP contribution in [0.4, 0.5) is 10.1 Å². The number of rotatable bonds is 4. The Kier molecular flexibility index (Phi) is 3.75. The van der Waals surface area contributed by atoms with E-state index in [1.807, 2.05) is 6.07 Å².